The van der Waals surface area contributed by atoms with Gasteiger partial charge in [-0.2, -0.15) is 10.2 Å². The van der Waals surface area contributed by atoms with Crippen LogP contribution in [0.2, 0.25) is 5.02 Å². The Bertz CT molecular complexity index is 912. The monoisotopic (exact) mass is 438 g/mol. The molecule has 2 rings (SSSR count). The fraction of sp³-hybridized carbons (Fsp3) is 0.500. The smallest absolute Gasteiger partial charge is 0.283 e. The Morgan fingerprint density at radius 1 is 1.24 bits per heavy atom. The van der Waals surface area contributed by atoms with Crippen molar-refractivity contribution in [3.8, 4) is 0 Å². The predicted octanol–water partition coefficient (Wildman–Crippen LogP) is 3.53. The lowest BCUT2D eigenvalue weighted by atomic mass is 10.2. The Balaban J connectivity index is 2.40. The van der Waals surface area contributed by atoms with Gasteiger partial charge in [0.1, 0.15) is 23.1 Å². The van der Waals surface area contributed by atoms with Crippen molar-refractivity contribution in [1.82, 2.24) is 24.5 Å². The van der Waals surface area contributed by atoms with Gasteiger partial charge in [0.2, 0.25) is 5.91 Å². The number of nitrogens with zero attached hydrogens (tertiary/aromatic N) is 5. The molecule has 0 bridgehead atoms. The lowest BCUT2D eigenvalue weighted by Crippen LogP contribution is -2.29. The Morgan fingerprint density at radius 3 is 2.34 bits per heavy atom. The fourth-order valence-electron chi connectivity index (χ4n) is 2.58. The number of rotatable bonds is 7. The van der Waals surface area contributed by atoms with Gasteiger partial charge in [-0.1, -0.05) is 11.6 Å². The molecule has 2 aromatic heterocycles. The first-order valence-corrected chi connectivity index (χ1v) is 8.81. The molecule has 2 amide bonds. The summed E-state index contributed by atoms with van der Waals surface area (Å²) in [4.78, 5) is 26.3. The molecule has 0 fully saturated rings. The SMILES string of the molecule is CCn1ncc(NC(=O)C(C)n2nc(C(F)F)c(Cl)c2C(F)F)c1C(=O)N(C)C. The van der Waals surface area contributed by atoms with Crippen molar-refractivity contribution in [2.24, 2.45) is 0 Å². The van der Waals surface area contributed by atoms with Crippen molar-refractivity contribution >= 4 is 29.1 Å². The van der Waals surface area contributed by atoms with Gasteiger partial charge < -0.3 is 10.2 Å². The third-order valence-corrected chi connectivity index (χ3v) is 4.46. The topological polar surface area (TPSA) is 85.0 Å². The van der Waals surface area contributed by atoms with E-state index in [0.29, 0.717) is 11.2 Å². The summed E-state index contributed by atoms with van der Waals surface area (Å²) < 4.78 is 54.5. The zero-order valence-electron chi connectivity index (χ0n) is 16.0. The first-order chi connectivity index (χ1) is 13.5. The normalized spacial score (nSPS) is 12.5. The van der Waals surface area contributed by atoms with Crippen LogP contribution in [0.15, 0.2) is 6.20 Å². The van der Waals surface area contributed by atoms with Gasteiger partial charge >= 0.3 is 0 Å². The number of aryl methyl sites for hydroxylation is 1. The maximum Gasteiger partial charge on any atom is 0.283 e. The Kier molecular flexibility index (Phi) is 6.88. The number of hydrogen-bond donors (Lipinski definition) is 1. The van der Waals surface area contributed by atoms with Crippen LogP contribution in [0.25, 0.3) is 0 Å². The second kappa shape index (κ2) is 8.80. The van der Waals surface area contributed by atoms with Crippen LogP contribution in [0.3, 0.4) is 0 Å². The quantitative estimate of drug-likeness (QED) is 0.670. The highest BCUT2D eigenvalue weighted by atomic mass is 35.5. The van der Waals surface area contributed by atoms with E-state index in [-0.39, 0.29) is 11.4 Å². The highest BCUT2D eigenvalue weighted by Gasteiger charge is 2.32. The maximum absolute atomic E-state index is 13.3. The van der Waals surface area contributed by atoms with Crippen LogP contribution in [-0.2, 0) is 11.3 Å². The van der Waals surface area contributed by atoms with Gasteiger partial charge in [-0.05, 0) is 13.8 Å². The van der Waals surface area contributed by atoms with E-state index >= 15 is 0 Å². The lowest BCUT2D eigenvalue weighted by molar-refractivity contribution is -0.119. The van der Waals surface area contributed by atoms with E-state index in [9.17, 15) is 27.2 Å². The molecule has 0 aliphatic rings. The zero-order chi connectivity index (χ0) is 22.0. The summed E-state index contributed by atoms with van der Waals surface area (Å²) in [5.74, 6) is -1.31. The van der Waals surface area contributed by atoms with Crippen molar-refractivity contribution in [2.75, 3.05) is 19.4 Å². The average molecular weight is 439 g/mol. The molecule has 1 N–H and O–H groups in total. The number of carbonyl (C=O) groups is 2. The van der Waals surface area contributed by atoms with Crippen LogP contribution in [0.5, 0.6) is 0 Å². The number of amides is 2. The minimum Gasteiger partial charge on any atom is -0.343 e. The summed E-state index contributed by atoms with van der Waals surface area (Å²) in [6.45, 7) is 3.26. The molecule has 2 heterocycles. The van der Waals surface area contributed by atoms with Gasteiger partial charge in [-0.3, -0.25) is 14.3 Å². The van der Waals surface area contributed by atoms with E-state index in [1.807, 2.05) is 0 Å². The summed E-state index contributed by atoms with van der Waals surface area (Å²) >= 11 is 5.61. The number of anilines is 1. The second-order valence-electron chi connectivity index (χ2n) is 6.22. The van der Waals surface area contributed by atoms with E-state index < -0.39 is 47.1 Å². The third-order valence-electron chi connectivity index (χ3n) is 4.08. The molecule has 13 heteroatoms. The lowest BCUT2D eigenvalue weighted by Gasteiger charge is -2.17. The molecule has 29 heavy (non-hydrogen) atoms. The molecule has 0 saturated carbocycles. The van der Waals surface area contributed by atoms with Gasteiger partial charge in [0.05, 0.1) is 16.9 Å². The third kappa shape index (κ3) is 4.36. The molecule has 0 saturated heterocycles. The van der Waals surface area contributed by atoms with E-state index in [2.05, 4.69) is 15.5 Å². The first kappa shape index (κ1) is 22.7. The molecule has 0 aliphatic heterocycles. The van der Waals surface area contributed by atoms with E-state index in [1.165, 1.54) is 36.8 Å². The molecule has 1 atom stereocenters. The molecule has 1 unspecified atom stereocenters. The fourth-order valence-corrected chi connectivity index (χ4v) is 2.87. The molecule has 8 nitrogen and oxygen atoms in total. The summed E-state index contributed by atoms with van der Waals surface area (Å²) in [6.07, 6.45) is -5.19. The Morgan fingerprint density at radius 2 is 1.86 bits per heavy atom. The van der Waals surface area contributed by atoms with E-state index in [4.69, 9.17) is 11.6 Å². The van der Waals surface area contributed by atoms with Crippen LogP contribution in [0.4, 0.5) is 23.2 Å². The molecule has 160 valence electrons. The van der Waals surface area contributed by atoms with Gasteiger partial charge in [0.15, 0.2) is 0 Å². The van der Waals surface area contributed by atoms with Crippen LogP contribution >= 0.6 is 11.6 Å². The Hall–Kier alpha value is -2.63. The number of halogens is 5. The Labute approximate surface area is 168 Å². The van der Waals surface area contributed by atoms with Crippen molar-refractivity contribution in [3.63, 3.8) is 0 Å². The summed E-state index contributed by atoms with van der Waals surface area (Å²) in [7, 11) is 3.02. The van der Waals surface area contributed by atoms with Crippen LogP contribution < -0.4 is 5.32 Å². The molecule has 0 aromatic carbocycles. The van der Waals surface area contributed by atoms with E-state index in [0.717, 1.165) is 0 Å². The highest BCUT2D eigenvalue weighted by Crippen LogP contribution is 2.36. The number of nitrogens with one attached hydrogen (secondary N) is 1. The molecule has 0 spiro atoms. The van der Waals surface area contributed by atoms with Crippen molar-refractivity contribution in [1.29, 1.82) is 0 Å². The largest absolute Gasteiger partial charge is 0.343 e. The van der Waals surface area contributed by atoms with Crippen LogP contribution in [-0.4, -0.2) is 50.4 Å². The molecular formula is C16H19ClF4N6O2. The first-order valence-electron chi connectivity index (χ1n) is 8.43. The number of hydrogen-bond acceptors (Lipinski definition) is 4. The number of carbonyl (C=O) groups excluding carboxylic acids is 2. The number of alkyl halides is 4. The summed E-state index contributed by atoms with van der Waals surface area (Å²) in [6, 6.07) is -1.42. The second-order valence-corrected chi connectivity index (χ2v) is 6.60. The molecule has 0 aliphatic carbocycles. The molecule has 2 aromatic rings. The number of aromatic nitrogens is 4. The van der Waals surface area contributed by atoms with Crippen molar-refractivity contribution in [2.45, 2.75) is 39.3 Å². The van der Waals surface area contributed by atoms with Crippen LogP contribution in [0, 0.1) is 0 Å². The van der Waals surface area contributed by atoms with Crippen LogP contribution in [0.1, 0.15) is 54.6 Å². The minimum absolute atomic E-state index is 0.0494. The minimum atomic E-state index is -3.23. The van der Waals surface area contributed by atoms with E-state index in [1.54, 1.807) is 6.92 Å². The summed E-state index contributed by atoms with van der Waals surface area (Å²) in [5, 5.41) is 8.93. The van der Waals surface area contributed by atoms with Crippen molar-refractivity contribution in [3.05, 3.63) is 28.3 Å². The highest BCUT2D eigenvalue weighted by molar-refractivity contribution is 6.32. The van der Waals surface area contributed by atoms with Gasteiger partial charge in [0, 0.05) is 20.6 Å². The zero-order valence-corrected chi connectivity index (χ0v) is 16.7. The predicted molar refractivity (Wildman–Crippen MR) is 96.4 cm³/mol. The van der Waals surface area contributed by atoms with Gasteiger partial charge in [-0.15, -0.1) is 0 Å². The average Bonchev–Trinajstić information content (AvgIpc) is 3.20. The molecule has 0 radical (unpaired) electrons. The maximum atomic E-state index is 13.3. The van der Waals surface area contributed by atoms with Gasteiger partial charge in [-0.25, -0.2) is 22.2 Å². The standard InChI is InChI=1S/C16H19ClF4N6O2/c1-5-26-11(16(29)25(3)4)8(6-22-26)23-15(28)7(2)27-12(14(20)21)9(17)10(24-27)13(18)19/h6-7,13-14H,5H2,1-4H3,(H,23,28). The van der Waals surface area contributed by atoms with Gasteiger partial charge in [0.25, 0.3) is 18.8 Å². The van der Waals surface area contributed by atoms with Crippen molar-refractivity contribution < 1.29 is 27.2 Å². The molecular weight excluding hydrogens is 420 g/mol. The summed E-state index contributed by atoms with van der Waals surface area (Å²) in [5.41, 5.74) is -1.89.